The van der Waals surface area contributed by atoms with Crippen molar-refractivity contribution in [2.45, 2.75) is 6.92 Å². The molecule has 0 aliphatic rings. The lowest BCUT2D eigenvalue weighted by atomic mass is 10.1. The van der Waals surface area contributed by atoms with Gasteiger partial charge in [0.2, 0.25) is 5.75 Å². The van der Waals surface area contributed by atoms with Crippen LogP contribution >= 0.6 is 11.3 Å². The average molecular weight is 415 g/mol. The molecule has 0 unspecified atom stereocenters. The highest BCUT2D eigenvalue weighted by atomic mass is 32.1. The molecule has 0 N–H and O–H groups in total. The van der Waals surface area contributed by atoms with Crippen LogP contribution in [0, 0.1) is 0 Å². The second-order valence-corrected chi connectivity index (χ2v) is 7.42. The lowest BCUT2D eigenvalue weighted by molar-refractivity contribution is 0.324. The maximum atomic E-state index is 5.57. The number of hydrogen-bond donors (Lipinski definition) is 0. The lowest BCUT2D eigenvalue weighted by Crippen LogP contribution is -2.07. The van der Waals surface area contributed by atoms with Crippen LogP contribution in [0.1, 0.15) is 6.92 Å². The molecule has 1 aromatic heterocycles. The number of hydrogen-bond acceptors (Lipinski definition) is 7. The van der Waals surface area contributed by atoms with Crippen LogP contribution in [-0.4, -0.2) is 47.0 Å². The Morgan fingerprint density at radius 2 is 1.52 bits per heavy atom. The van der Waals surface area contributed by atoms with Gasteiger partial charge in [0.05, 0.1) is 38.5 Å². The fourth-order valence-electron chi connectivity index (χ4n) is 2.98. The number of benzene rings is 2. The third kappa shape index (κ3) is 4.24. The molecule has 3 rings (SSSR count). The van der Waals surface area contributed by atoms with E-state index in [1.54, 1.807) is 32.7 Å². The lowest BCUT2D eigenvalue weighted by Gasteiger charge is -2.14. The van der Waals surface area contributed by atoms with Crippen molar-refractivity contribution in [1.29, 1.82) is 0 Å². The Bertz CT molecular complexity index is 942. The highest BCUT2D eigenvalue weighted by Crippen LogP contribution is 2.45. The van der Waals surface area contributed by atoms with Gasteiger partial charge in [-0.2, -0.15) is 0 Å². The summed E-state index contributed by atoms with van der Waals surface area (Å²) in [6, 6.07) is 11.9. The van der Waals surface area contributed by atoms with Crippen LogP contribution in [0.3, 0.4) is 0 Å². The normalized spacial score (nSPS) is 10.6. The van der Waals surface area contributed by atoms with Crippen molar-refractivity contribution in [2.75, 3.05) is 46.9 Å². The fraction of sp³-hybridized carbons (Fsp3) is 0.318. The summed E-state index contributed by atoms with van der Waals surface area (Å²) in [5, 5.41) is 0.914. The van der Waals surface area contributed by atoms with E-state index >= 15 is 0 Å². The number of nitrogens with zero attached hydrogens (tertiary/aromatic N) is 2. The number of aromatic nitrogens is 1. The van der Waals surface area contributed by atoms with Gasteiger partial charge in [0.15, 0.2) is 16.6 Å². The van der Waals surface area contributed by atoms with Gasteiger partial charge in [0.25, 0.3) is 0 Å². The molecule has 0 spiro atoms. The minimum Gasteiger partial charge on any atom is -0.494 e. The summed E-state index contributed by atoms with van der Waals surface area (Å²) < 4.78 is 22.1. The molecule has 0 radical (unpaired) electrons. The van der Waals surface area contributed by atoms with Gasteiger partial charge in [-0.3, -0.25) is 0 Å². The fourth-order valence-corrected chi connectivity index (χ4v) is 3.99. The Labute approximate surface area is 175 Å². The summed E-state index contributed by atoms with van der Waals surface area (Å²) in [5.74, 6) is 2.60. The maximum Gasteiger partial charge on any atom is 0.203 e. The number of methoxy groups -OCH3 is 3. The van der Waals surface area contributed by atoms with Crippen molar-refractivity contribution >= 4 is 16.5 Å². The second kappa shape index (κ2) is 9.05. The maximum absolute atomic E-state index is 5.57. The van der Waals surface area contributed by atoms with Crippen LogP contribution in [0.5, 0.6) is 23.0 Å². The molecule has 0 bridgehead atoms. The van der Waals surface area contributed by atoms with Gasteiger partial charge < -0.3 is 23.8 Å². The van der Waals surface area contributed by atoms with Gasteiger partial charge in [-0.15, -0.1) is 0 Å². The van der Waals surface area contributed by atoms with E-state index in [2.05, 4.69) is 12.1 Å². The monoisotopic (exact) mass is 414 g/mol. The van der Waals surface area contributed by atoms with Gasteiger partial charge in [0.1, 0.15) is 5.75 Å². The van der Waals surface area contributed by atoms with Crippen LogP contribution in [0.2, 0.25) is 0 Å². The van der Waals surface area contributed by atoms with Gasteiger partial charge in [-0.25, -0.2) is 4.98 Å². The summed E-state index contributed by atoms with van der Waals surface area (Å²) in [7, 11) is 8.79. The van der Waals surface area contributed by atoms with E-state index in [4.69, 9.17) is 23.9 Å². The molecule has 2 aromatic carbocycles. The van der Waals surface area contributed by atoms with Gasteiger partial charge in [-0.05, 0) is 48.9 Å². The Kier molecular flexibility index (Phi) is 6.49. The van der Waals surface area contributed by atoms with Crippen molar-refractivity contribution in [3.05, 3.63) is 36.4 Å². The largest absolute Gasteiger partial charge is 0.494 e. The average Bonchev–Trinajstić information content (AvgIpc) is 3.19. The van der Waals surface area contributed by atoms with E-state index in [0.717, 1.165) is 32.6 Å². The second-order valence-electron chi connectivity index (χ2n) is 6.44. The molecule has 7 heteroatoms. The summed E-state index contributed by atoms with van der Waals surface area (Å²) in [6.07, 6.45) is 0. The molecule has 6 nitrogen and oxygen atoms in total. The first-order chi connectivity index (χ1) is 14.0. The highest BCUT2D eigenvalue weighted by Gasteiger charge is 2.20. The van der Waals surface area contributed by atoms with Crippen molar-refractivity contribution in [1.82, 2.24) is 4.98 Å². The predicted molar refractivity (Wildman–Crippen MR) is 118 cm³/mol. The van der Waals surface area contributed by atoms with Crippen LogP contribution in [0.15, 0.2) is 36.4 Å². The number of ether oxygens (including phenoxy) is 4. The Balaban J connectivity index is 2.16. The molecule has 0 saturated heterocycles. The van der Waals surface area contributed by atoms with Crippen LogP contribution in [-0.2, 0) is 0 Å². The number of anilines is 1. The highest BCUT2D eigenvalue weighted by molar-refractivity contribution is 7.19. The minimum absolute atomic E-state index is 0.560. The molecule has 0 saturated carbocycles. The molecule has 29 heavy (non-hydrogen) atoms. The number of rotatable bonds is 8. The van der Waals surface area contributed by atoms with Crippen molar-refractivity contribution in [3.63, 3.8) is 0 Å². The molecule has 0 aliphatic carbocycles. The van der Waals surface area contributed by atoms with Crippen LogP contribution < -0.4 is 23.8 Å². The quantitative estimate of drug-likeness (QED) is 0.519. The van der Waals surface area contributed by atoms with E-state index in [-0.39, 0.29) is 0 Å². The van der Waals surface area contributed by atoms with E-state index in [1.165, 1.54) is 0 Å². The standard InChI is InChI=1S/C22H26N2O4S/c1-7-28-16-10-8-14(9-11-16)21-19(23-22(29-21)24(2)3)15-12-17(25-4)20(27-6)18(13-15)26-5/h8-13H,7H2,1-6H3. The van der Waals surface area contributed by atoms with Crippen molar-refractivity contribution in [3.8, 4) is 44.7 Å². The van der Waals surface area contributed by atoms with E-state index in [1.807, 2.05) is 50.2 Å². The van der Waals surface area contributed by atoms with Gasteiger partial charge in [-0.1, -0.05) is 11.3 Å². The number of thiazole rings is 1. The SMILES string of the molecule is CCOc1ccc(-c2sc(N(C)C)nc2-c2cc(OC)c(OC)c(OC)c2)cc1. The molecule has 0 aliphatic heterocycles. The molecule has 0 fully saturated rings. The first-order valence-corrected chi connectivity index (χ1v) is 10.1. The van der Waals surface area contributed by atoms with Crippen molar-refractivity contribution < 1.29 is 18.9 Å². The molecule has 3 aromatic rings. The summed E-state index contributed by atoms with van der Waals surface area (Å²) in [5.41, 5.74) is 2.83. The zero-order valence-corrected chi connectivity index (χ0v) is 18.4. The first-order valence-electron chi connectivity index (χ1n) is 9.24. The summed E-state index contributed by atoms with van der Waals surface area (Å²) >= 11 is 1.63. The molecular weight excluding hydrogens is 388 g/mol. The predicted octanol–water partition coefficient (Wildman–Crippen LogP) is 4.97. The molecule has 154 valence electrons. The first kappa shape index (κ1) is 20.8. The summed E-state index contributed by atoms with van der Waals surface area (Å²) in [4.78, 5) is 7.95. The van der Waals surface area contributed by atoms with Crippen LogP contribution in [0.25, 0.3) is 21.7 Å². The van der Waals surface area contributed by atoms with E-state index in [9.17, 15) is 0 Å². The van der Waals surface area contributed by atoms with E-state index < -0.39 is 0 Å². The third-order valence-corrected chi connectivity index (χ3v) is 5.64. The minimum atomic E-state index is 0.560. The van der Waals surface area contributed by atoms with E-state index in [0.29, 0.717) is 23.9 Å². The smallest absolute Gasteiger partial charge is 0.203 e. The molecule has 0 amide bonds. The zero-order chi connectivity index (χ0) is 21.0. The Morgan fingerprint density at radius 3 is 2.00 bits per heavy atom. The molecular formula is C22H26N2O4S. The molecule has 0 atom stereocenters. The van der Waals surface area contributed by atoms with Gasteiger partial charge in [0, 0.05) is 19.7 Å². The van der Waals surface area contributed by atoms with Crippen LogP contribution in [0.4, 0.5) is 5.13 Å². The summed E-state index contributed by atoms with van der Waals surface area (Å²) in [6.45, 7) is 2.62. The Morgan fingerprint density at radius 1 is 0.897 bits per heavy atom. The third-order valence-electron chi connectivity index (χ3n) is 4.36. The zero-order valence-electron chi connectivity index (χ0n) is 17.6. The van der Waals surface area contributed by atoms with Crippen molar-refractivity contribution in [2.24, 2.45) is 0 Å². The van der Waals surface area contributed by atoms with Gasteiger partial charge >= 0.3 is 0 Å². The topological polar surface area (TPSA) is 53.1 Å². The Hall–Kier alpha value is -2.93. The molecule has 1 heterocycles.